The monoisotopic (exact) mass is 397 g/mol. The van der Waals surface area contributed by atoms with Crippen LogP contribution in [0.3, 0.4) is 0 Å². The van der Waals surface area contributed by atoms with E-state index in [0.29, 0.717) is 31.0 Å². The lowest BCUT2D eigenvalue weighted by atomic mass is 10.1. The normalized spacial score (nSPS) is 10.6. The van der Waals surface area contributed by atoms with Crippen LogP contribution >= 0.6 is 0 Å². The van der Waals surface area contributed by atoms with Gasteiger partial charge in [-0.1, -0.05) is 6.07 Å². The fraction of sp³-hybridized carbons (Fsp3) is 0.273. The van der Waals surface area contributed by atoms with Crippen LogP contribution in [0.25, 0.3) is 5.69 Å². The second kappa shape index (κ2) is 9.23. The largest absolute Gasteiger partial charge is 0.497 e. The van der Waals surface area contributed by atoms with Crippen molar-refractivity contribution in [1.29, 1.82) is 0 Å². The predicted molar refractivity (Wildman–Crippen MR) is 108 cm³/mol. The first-order chi connectivity index (χ1) is 14.0. The first kappa shape index (κ1) is 20.4. The Labute approximate surface area is 169 Å². The molecule has 2 aromatic carbocycles. The molecule has 0 saturated carbocycles. The molecule has 0 unspecified atom stereocenters. The Morgan fingerprint density at radius 1 is 1.17 bits per heavy atom. The summed E-state index contributed by atoms with van der Waals surface area (Å²) >= 11 is 0. The third kappa shape index (κ3) is 4.93. The zero-order valence-electron chi connectivity index (χ0n) is 16.7. The van der Waals surface area contributed by atoms with Crippen LogP contribution in [0.5, 0.6) is 17.4 Å². The predicted octanol–water partition coefficient (Wildman–Crippen LogP) is 4.19. The number of hydrogen-bond donors (Lipinski definition) is 1. The minimum Gasteiger partial charge on any atom is -0.497 e. The molecule has 0 radical (unpaired) electrons. The number of aryl methyl sites for hydroxylation is 1. The van der Waals surface area contributed by atoms with E-state index in [0.717, 1.165) is 22.7 Å². The molecule has 1 aromatic heterocycles. The highest BCUT2D eigenvalue weighted by atomic mass is 19.1. The third-order valence-electron chi connectivity index (χ3n) is 4.44. The molecule has 7 heteroatoms. The molecule has 3 rings (SSSR count). The molecule has 1 amide bonds. The average molecular weight is 397 g/mol. The quantitative estimate of drug-likeness (QED) is 0.619. The molecule has 152 valence electrons. The lowest BCUT2D eigenvalue weighted by molar-refractivity contribution is -0.120. The number of nitrogens with zero attached hydrogens (tertiary/aromatic N) is 2. The van der Waals surface area contributed by atoms with Gasteiger partial charge in [-0.3, -0.25) is 4.79 Å². The fourth-order valence-electron chi connectivity index (χ4n) is 3.00. The van der Waals surface area contributed by atoms with Gasteiger partial charge in [0.25, 0.3) is 0 Å². The van der Waals surface area contributed by atoms with Gasteiger partial charge in [-0.2, -0.15) is 5.10 Å². The SMILES string of the molecule is CCNC(=O)CCc1c(C)nn(-c2ccc(OC)cc2)c1Oc1cccc(F)c1. The zero-order chi connectivity index (χ0) is 20.8. The highest BCUT2D eigenvalue weighted by Gasteiger charge is 2.20. The molecule has 1 N–H and O–H groups in total. The van der Waals surface area contributed by atoms with Crippen molar-refractivity contribution in [2.45, 2.75) is 26.7 Å². The van der Waals surface area contributed by atoms with Crippen LogP contribution in [0.4, 0.5) is 4.39 Å². The number of hydrogen-bond acceptors (Lipinski definition) is 4. The van der Waals surface area contributed by atoms with Gasteiger partial charge in [0, 0.05) is 24.6 Å². The molecule has 0 aliphatic rings. The van der Waals surface area contributed by atoms with E-state index < -0.39 is 5.82 Å². The van der Waals surface area contributed by atoms with Crippen LogP contribution in [-0.2, 0) is 11.2 Å². The maximum absolute atomic E-state index is 13.7. The van der Waals surface area contributed by atoms with Crippen LogP contribution in [0.15, 0.2) is 48.5 Å². The first-order valence-corrected chi connectivity index (χ1v) is 9.45. The molecule has 0 bridgehead atoms. The maximum Gasteiger partial charge on any atom is 0.226 e. The van der Waals surface area contributed by atoms with Crippen molar-refractivity contribution in [2.24, 2.45) is 0 Å². The smallest absolute Gasteiger partial charge is 0.226 e. The van der Waals surface area contributed by atoms with Gasteiger partial charge in [-0.25, -0.2) is 9.07 Å². The Morgan fingerprint density at radius 3 is 2.59 bits per heavy atom. The molecule has 29 heavy (non-hydrogen) atoms. The fourth-order valence-corrected chi connectivity index (χ4v) is 3.00. The van der Waals surface area contributed by atoms with Crippen molar-refractivity contribution in [2.75, 3.05) is 13.7 Å². The van der Waals surface area contributed by atoms with E-state index in [9.17, 15) is 9.18 Å². The highest BCUT2D eigenvalue weighted by molar-refractivity contribution is 5.76. The summed E-state index contributed by atoms with van der Waals surface area (Å²) in [5, 5.41) is 7.40. The molecular weight excluding hydrogens is 373 g/mol. The van der Waals surface area contributed by atoms with Crippen molar-refractivity contribution < 1.29 is 18.7 Å². The number of carbonyl (C=O) groups is 1. The minimum atomic E-state index is -0.390. The molecule has 1 heterocycles. The standard InChI is InChI=1S/C22H24FN3O3/c1-4-24-21(27)13-12-20-15(2)25-26(17-8-10-18(28-3)11-9-17)22(20)29-19-7-5-6-16(23)14-19/h5-11,14H,4,12-13H2,1-3H3,(H,24,27). The summed E-state index contributed by atoms with van der Waals surface area (Å²) in [5.74, 6) is 1.11. The average Bonchev–Trinajstić information content (AvgIpc) is 3.02. The first-order valence-electron chi connectivity index (χ1n) is 9.45. The van der Waals surface area contributed by atoms with E-state index in [1.807, 2.05) is 38.1 Å². The van der Waals surface area contributed by atoms with E-state index in [4.69, 9.17) is 9.47 Å². The molecule has 3 aromatic rings. The second-order valence-corrected chi connectivity index (χ2v) is 6.49. The summed E-state index contributed by atoms with van der Waals surface area (Å²) in [6.07, 6.45) is 0.765. The van der Waals surface area contributed by atoms with Gasteiger partial charge in [-0.15, -0.1) is 0 Å². The van der Waals surface area contributed by atoms with Gasteiger partial charge in [-0.05, 0) is 56.7 Å². The molecule has 6 nitrogen and oxygen atoms in total. The summed E-state index contributed by atoms with van der Waals surface area (Å²) in [7, 11) is 1.60. The van der Waals surface area contributed by atoms with E-state index in [2.05, 4.69) is 10.4 Å². The number of nitrogens with one attached hydrogen (secondary N) is 1. The van der Waals surface area contributed by atoms with Crippen LogP contribution in [-0.4, -0.2) is 29.3 Å². The van der Waals surface area contributed by atoms with E-state index in [-0.39, 0.29) is 5.91 Å². The summed E-state index contributed by atoms with van der Waals surface area (Å²) in [4.78, 5) is 11.9. The molecule has 0 spiro atoms. The number of aromatic nitrogens is 2. The number of carbonyl (C=O) groups excluding carboxylic acids is 1. The number of ether oxygens (including phenoxy) is 2. The van der Waals surface area contributed by atoms with Crippen molar-refractivity contribution in [1.82, 2.24) is 15.1 Å². The van der Waals surface area contributed by atoms with E-state index in [1.54, 1.807) is 23.9 Å². The molecule has 0 fully saturated rings. The molecule has 0 saturated heterocycles. The zero-order valence-corrected chi connectivity index (χ0v) is 16.7. The van der Waals surface area contributed by atoms with Gasteiger partial charge in [0.05, 0.1) is 18.5 Å². The third-order valence-corrected chi connectivity index (χ3v) is 4.44. The Hall–Kier alpha value is -3.35. The highest BCUT2D eigenvalue weighted by Crippen LogP contribution is 2.32. The number of rotatable bonds is 8. The lowest BCUT2D eigenvalue weighted by Gasteiger charge is -2.12. The maximum atomic E-state index is 13.7. The van der Waals surface area contributed by atoms with Gasteiger partial charge >= 0.3 is 0 Å². The van der Waals surface area contributed by atoms with Gasteiger partial charge in [0.2, 0.25) is 11.8 Å². The van der Waals surface area contributed by atoms with Crippen molar-refractivity contribution in [3.63, 3.8) is 0 Å². The van der Waals surface area contributed by atoms with Crippen molar-refractivity contribution >= 4 is 5.91 Å². The van der Waals surface area contributed by atoms with Crippen LogP contribution in [0.1, 0.15) is 24.6 Å². The molecule has 0 aliphatic carbocycles. The van der Waals surface area contributed by atoms with Gasteiger partial charge in [0.1, 0.15) is 17.3 Å². The summed E-state index contributed by atoms with van der Waals surface area (Å²) in [5.41, 5.74) is 2.32. The van der Waals surface area contributed by atoms with Gasteiger partial charge < -0.3 is 14.8 Å². The summed E-state index contributed by atoms with van der Waals surface area (Å²) in [6.45, 7) is 4.32. The number of benzene rings is 2. The van der Waals surface area contributed by atoms with E-state index >= 15 is 0 Å². The van der Waals surface area contributed by atoms with Gasteiger partial charge in [0.15, 0.2) is 0 Å². The van der Waals surface area contributed by atoms with E-state index in [1.165, 1.54) is 12.1 Å². The van der Waals surface area contributed by atoms with Crippen LogP contribution in [0, 0.1) is 12.7 Å². The van der Waals surface area contributed by atoms with Crippen LogP contribution in [0.2, 0.25) is 0 Å². The van der Waals surface area contributed by atoms with Crippen LogP contribution < -0.4 is 14.8 Å². The summed E-state index contributed by atoms with van der Waals surface area (Å²) < 4.78 is 26.6. The topological polar surface area (TPSA) is 65.4 Å². The molecular formula is C22H24FN3O3. The van der Waals surface area contributed by atoms with Crippen molar-refractivity contribution in [3.05, 3.63) is 65.6 Å². The van der Waals surface area contributed by atoms with Crippen molar-refractivity contribution in [3.8, 4) is 23.1 Å². The Kier molecular flexibility index (Phi) is 6.49. The second-order valence-electron chi connectivity index (χ2n) is 6.49. The molecule has 0 atom stereocenters. The lowest BCUT2D eigenvalue weighted by Crippen LogP contribution is -2.22. The summed E-state index contributed by atoms with van der Waals surface area (Å²) in [6, 6.07) is 13.3. The molecule has 0 aliphatic heterocycles. The Balaban J connectivity index is 1.99. The number of halogens is 1. The number of methoxy groups -OCH3 is 1. The Bertz CT molecular complexity index is 983. The number of amides is 1. The minimum absolute atomic E-state index is 0.0409. The Morgan fingerprint density at radius 2 is 1.93 bits per heavy atom.